The molecular weight excluding hydrogens is 1300 g/mol. The zero-order chi connectivity index (χ0) is 65.8. The number of carbonyl (C=O) groups is 1. The Balaban J connectivity index is 0.000000214. The number of nitrogens with zero attached hydrogens (tertiary/aromatic N) is 14. The average molecular weight is 1340 g/mol. The largest absolute Gasteiger partial charge is 0.417 e. The molecule has 0 atom stereocenters. The number of hydrogen-bond acceptors (Lipinski definition) is 22. The molecule has 0 aliphatic carbocycles. The van der Waals surface area contributed by atoms with E-state index >= 15 is 0 Å². The highest BCUT2D eigenvalue weighted by Gasteiger charge is 2.33. The van der Waals surface area contributed by atoms with Gasteiger partial charge in [-0.25, -0.2) is 9.97 Å². The van der Waals surface area contributed by atoms with E-state index in [1.807, 2.05) is 12.1 Å². The zero-order valence-corrected chi connectivity index (χ0v) is 46.1. The van der Waals surface area contributed by atoms with E-state index in [0.29, 0.717) is 29.0 Å². The maximum atomic E-state index is 12.6. The first-order chi connectivity index (χ1) is 42.6. The van der Waals surface area contributed by atoms with Gasteiger partial charge in [0.15, 0.2) is 11.6 Å². The lowest BCUT2D eigenvalue weighted by Crippen LogP contribution is -2.14. The highest BCUT2D eigenvalue weighted by molar-refractivity contribution is 9.10. The number of ketones is 1. The fourth-order valence-electron chi connectivity index (χ4n) is 6.28. The first-order valence-corrected chi connectivity index (χ1v) is 24.9. The fourth-order valence-corrected chi connectivity index (χ4v) is 6.51. The molecule has 0 amide bonds. The van der Waals surface area contributed by atoms with E-state index in [9.17, 15) is 57.5 Å². The highest BCUT2D eigenvalue weighted by atomic mass is 79.9. The van der Waals surface area contributed by atoms with Gasteiger partial charge in [-0.05, 0) is 101 Å². The number of hydrogen-bond donors (Lipinski definition) is 5. The van der Waals surface area contributed by atoms with E-state index in [1.165, 1.54) is 60.9 Å². The van der Waals surface area contributed by atoms with Crippen LogP contribution < -0.4 is 22.1 Å². The lowest BCUT2D eigenvalue weighted by molar-refractivity contribution is -0.138. The molecule has 0 fully saturated rings. The van der Waals surface area contributed by atoms with Gasteiger partial charge in [0, 0.05) is 53.7 Å². The van der Waals surface area contributed by atoms with E-state index in [0.717, 1.165) is 53.4 Å². The van der Waals surface area contributed by atoms with Crippen LogP contribution in [0.2, 0.25) is 0 Å². The van der Waals surface area contributed by atoms with Gasteiger partial charge in [0.05, 0.1) is 69.2 Å². The molecule has 10 aromatic rings. The van der Waals surface area contributed by atoms with Gasteiger partial charge in [0.2, 0.25) is 17.7 Å². The highest BCUT2D eigenvalue weighted by Crippen LogP contribution is 2.34. The number of Topliss-reactive ketones (excluding diaryl/α,β-unsaturated/α-hetero) is 1. The molecule has 10 aromatic heterocycles. The van der Waals surface area contributed by atoms with Crippen LogP contribution in [0.1, 0.15) is 63.7 Å². The Bertz CT molecular complexity index is 4130. The number of halogens is 13. The van der Waals surface area contributed by atoms with Gasteiger partial charge in [-0.2, -0.15) is 68.5 Å². The number of nitriles is 3. The zero-order valence-electron chi connectivity index (χ0n) is 44.5. The minimum atomic E-state index is -4.47. The van der Waals surface area contributed by atoms with Crippen LogP contribution in [0, 0.1) is 34.0 Å². The maximum absolute atomic E-state index is 12.6. The van der Waals surface area contributed by atoms with Gasteiger partial charge >= 0.3 is 24.7 Å². The Morgan fingerprint density at radius 3 is 1.21 bits per heavy atom. The van der Waals surface area contributed by atoms with Crippen molar-refractivity contribution in [3.8, 4) is 52.4 Å². The van der Waals surface area contributed by atoms with Crippen molar-refractivity contribution in [2.45, 2.75) is 38.6 Å². The lowest BCUT2D eigenvalue weighted by Gasteiger charge is -2.05. The predicted molar refractivity (Wildman–Crippen MR) is 298 cm³/mol. The second kappa shape index (κ2) is 31.2. The smallest absolute Gasteiger partial charge is 0.409 e. The lowest BCUT2D eigenvalue weighted by atomic mass is 10.2. The van der Waals surface area contributed by atoms with Crippen LogP contribution in [-0.2, 0) is 24.7 Å². The summed E-state index contributed by atoms with van der Waals surface area (Å²) in [5.74, 6) is -0.145. The molecule has 0 radical (unpaired) electrons. The number of nitrogen functional groups attached to an aromatic ring is 1. The number of amidine groups is 1. The number of nitrogens with two attached hydrogens (primary N) is 2. The van der Waals surface area contributed by atoms with Crippen molar-refractivity contribution in [2.75, 3.05) is 16.4 Å². The molecule has 0 spiro atoms. The van der Waals surface area contributed by atoms with E-state index < -0.39 is 59.2 Å². The quantitative estimate of drug-likeness (QED) is 0.0212. The Morgan fingerprint density at radius 2 is 0.890 bits per heavy atom. The second-order valence-electron chi connectivity index (χ2n) is 16.9. The summed E-state index contributed by atoms with van der Waals surface area (Å²) in [6.45, 7) is 0. The molecular formula is C55H37BrF12N18O5. The predicted octanol–water partition coefficient (Wildman–Crippen LogP) is 13.6. The molecule has 0 bridgehead atoms. The summed E-state index contributed by atoms with van der Waals surface area (Å²) < 4.78 is 164. The third-order valence-corrected chi connectivity index (χ3v) is 11.1. The van der Waals surface area contributed by atoms with Crippen LogP contribution in [0.15, 0.2) is 170 Å². The molecule has 0 saturated heterocycles. The van der Waals surface area contributed by atoms with Gasteiger partial charge in [-0.3, -0.25) is 29.7 Å². The summed E-state index contributed by atoms with van der Waals surface area (Å²) in [5, 5.41) is 53.4. The molecule has 10 rings (SSSR count). The van der Waals surface area contributed by atoms with Gasteiger partial charge < -0.3 is 40.9 Å². The standard InChI is InChI=1S/C15H11F3N6O2.C15H8F3N5O.C9H6F3N3O.C9H5F3N2O.C6H3BrN2.CH4/c16-15(17,18)8-1-3-10(20-6-8)12-5-13(26-24-12)22-9-2-4-11(21-7-9)14(19)23-25;16-15(17,18)9-1-4-12(21-7-9)13-5-14(24-23-13)22-11-3-2-10(6-19)20-8-11;10-9(11,12)5-1-2-6(14-4-5)7-3-8(13)16-15-7;10-9(11,12)6-1-2-7(14-5-6)8(15)3-4-13;7-5-1-2-6(3-8)9-4-5;/h1-7,22,25H,(H2,19,23);1-5,7-8,22H;1-4H,13H2;1-2,5H,3H2;1-2,4H;1H4. The Hall–Kier alpha value is -11.9. The van der Waals surface area contributed by atoms with Gasteiger partial charge in [-0.15, -0.1) is 0 Å². The van der Waals surface area contributed by atoms with E-state index in [4.69, 9.17) is 41.5 Å². The monoisotopic (exact) mass is 1340 g/mol. The van der Waals surface area contributed by atoms with Crippen LogP contribution in [0.25, 0.3) is 34.2 Å². The summed E-state index contributed by atoms with van der Waals surface area (Å²) in [7, 11) is 0. The van der Waals surface area contributed by atoms with Gasteiger partial charge in [0.1, 0.15) is 58.4 Å². The van der Waals surface area contributed by atoms with Crippen LogP contribution in [0.4, 0.5) is 81.7 Å². The van der Waals surface area contributed by atoms with Crippen molar-refractivity contribution < 1.29 is 76.3 Å². The molecule has 7 N–H and O–H groups in total. The molecule has 10 heterocycles. The summed E-state index contributed by atoms with van der Waals surface area (Å²) in [5.41, 5.74) is 10.8. The van der Waals surface area contributed by atoms with Crippen LogP contribution in [0.5, 0.6) is 0 Å². The minimum Gasteiger partial charge on any atom is -0.409 e. The van der Waals surface area contributed by atoms with Crippen LogP contribution in [-0.4, -0.2) is 67.2 Å². The number of alkyl halides is 12. The number of aromatic nitrogens is 10. The van der Waals surface area contributed by atoms with E-state index in [-0.39, 0.29) is 76.5 Å². The molecule has 23 nitrogen and oxygen atoms in total. The molecule has 0 unspecified atom stereocenters. The van der Waals surface area contributed by atoms with Gasteiger partial charge in [-0.1, -0.05) is 28.1 Å². The molecule has 0 aliphatic heterocycles. The maximum Gasteiger partial charge on any atom is 0.417 e. The van der Waals surface area contributed by atoms with E-state index in [1.54, 1.807) is 36.5 Å². The molecule has 0 saturated carbocycles. The third kappa shape index (κ3) is 21.2. The number of carbonyl (C=O) groups excluding carboxylic acids is 1. The van der Waals surface area contributed by atoms with Crippen molar-refractivity contribution in [1.82, 2.24) is 50.4 Å². The van der Waals surface area contributed by atoms with Crippen LogP contribution in [0.3, 0.4) is 0 Å². The molecule has 468 valence electrons. The fraction of sp³-hybridized carbons (Fsp3) is 0.109. The number of oxime groups is 1. The first-order valence-electron chi connectivity index (χ1n) is 24.1. The number of nitrogens with one attached hydrogen (secondary N) is 2. The summed E-state index contributed by atoms with van der Waals surface area (Å²) in [6, 6.07) is 27.6. The minimum absolute atomic E-state index is 0. The van der Waals surface area contributed by atoms with Crippen LogP contribution >= 0.6 is 15.9 Å². The molecule has 0 aromatic carbocycles. The summed E-state index contributed by atoms with van der Waals surface area (Å²) in [4.78, 5) is 37.2. The number of pyridine rings is 7. The van der Waals surface area contributed by atoms with Crippen molar-refractivity contribution >= 4 is 56.6 Å². The van der Waals surface area contributed by atoms with Gasteiger partial charge in [0.25, 0.3) is 0 Å². The molecule has 0 aliphatic rings. The average Bonchev–Trinajstić information content (AvgIpc) is 2.00. The Labute approximate surface area is 511 Å². The third-order valence-electron chi connectivity index (χ3n) is 10.6. The summed E-state index contributed by atoms with van der Waals surface area (Å²) in [6.07, 6.45) is -10.9. The number of anilines is 5. The van der Waals surface area contributed by atoms with Crippen molar-refractivity contribution in [3.63, 3.8) is 0 Å². The second-order valence-corrected chi connectivity index (χ2v) is 17.8. The Kier molecular flexibility index (Phi) is 23.9. The normalized spacial score (nSPS) is 11.1. The first kappa shape index (κ1) is 69.9. The summed E-state index contributed by atoms with van der Waals surface area (Å²) >= 11 is 3.20. The SMILES string of the molecule is C.N#CCC(=O)c1ccc(C(F)(F)F)cn1.N#Cc1ccc(Br)cn1.N#Cc1ccc(Nc2cc(-c3ccc(C(F)(F)F)cn3)no2)cn1.N/C(=N/O)c1ccc(Nc2cc(-c3ccc(C(F)(F)F)cn3)no2)cn1.Nc1cc(-c2ccc(C(F)(F)F)cn2)no1. The van der Waals surface area contributed by atoms with E-state index in [2.05, 4.69) is 86.6 Å². The van der Waals surface area contributed by atoms with Crippen molar-refractivity contribution in [1.29, 1.82) is 15.8 Å². The topological polar surface area (TPSA) is 365 Å². The molecule has 91 heavy (non-hydrogen) atoms. The Morgan fingerprint density at radius 1 is 0.505 bits per heavy atom. The molecule has 36 heteroatoms. The van der Waals surface area contributed by atoms with Crippen molar-refractivity contribution in [2.24, 2.45) is 10.9 Å². The number of rotatable bonds is 10. The van der Waals surface area contributed by atoms with Crippen molar-refractivity contribution in [3.05, 3.63) is 196 Å².